The molecule has 2 aromatic rings. The van der Waals surface area contributed by atoms with Crippen LogP contribution in [0.1, 0.15) is 5.56 Å². The molecule has 2 aromatic heterocycles. The zero-order chi connectivity index (χ0) is 9.97. The molecule has 0 aliphatic carbocycles. The molecule has 0 bridgehead atoms. The van der Waals surface area contributed by atoms with Crippen LogP contribution >= 0.6 is 15.9 Å². The fraction of sp³-hybridized carbons (Fsp3) is 0.111. The average molecular weight is 253 g/mol. The Balaban J connectivity index is 2.23. The van der Waals surface area contributed by atoms with Crippen LogP contribution in [0.4, 0.5) is 5.82 Å². The van der Waals surface area contributed by atoms with Gasteiger partial charge < -0.3 is 5.73 Å². The number of halogens is 1. The van der Waals surface area contributed by atoms with Crippen molar-refractivity contribution in [3.05, 3.63) is 40.8 Å². The Morgan fingerprint density at radius 2 is 2.36 bits per heavy atom. The van der Waals surface area contributed by atoms with E-state index in [9.17, 15) is 0 Å². The molecule has 0 radical (unpaired) electrons. The third-order valence-electron chi connectivity index (χ3n) is 1.86. The molecule has 2 rings (SSSR count). The van der Waals surface area contributed by atoms with E-state index < -0.39 is 0 Å². The van der Waals surface area contributed by atoms with Gasteiger partial charge in [-0.2, -0.15) is 5.10 Å². The summed E-state index contributed by atoms with van der Waals surface area (Å²) in [6.45, 7) is 0.644. The van der Waals surface area contributed by atoms with Crippen molar-refractivity contribution < 1.29 is 0 Å². The molecule has 14 heavy (non-hydrogen) atoms. The van der Waals surface area contributed by atoms with Gasteiger partial charge in [0.05, 0.1) is 17.2 Å². The van der Waals surface area contributed by atoms with E-state index in [1.807, 2.05) is 18.3 Å². The lowest BCUT2D eigenvalue weighted by atomic mass is 10.2. The number of hydrogen-bond acceptors (Lipinski definition) is 3. The molecule has 0 atom stereocenters. The first-order valence-electron chi connectivity index (χ1n) is 4.13. The molecule has 0 spiro atoms. The van der Waals surface area contributed by atoms with Gasteiger partial charge in [-0.25, -0.2) is 4.98 Å². The summed E-state index contributed by atoms with van der Waals surface area (Å²) >= 11 is 3.33. The van der Waals surface area contributed by atoms with E-state index in [-0.39, 0.29) is 0 Å². The summed E-state index contributed by atoms with van der Waals surface area (Å²) in [5.74, 6) is 0.555. The molecule has 0 saturated heterocycles. The summed E-state index contributed by atoms with van der Waals surface area (Å²) in [5, 5.41) is 4.14. The molecule has 0 unspecified atom stereocenters. The smallest absolute Gasteiger partial charge is 0.128 e. The molecule has 2 heterocycles. The molecule has 0 aliphatic heterocycles. The highest BCUT2D eigenvalue weighted by atomic mass is 79.9. The second kappa shape index (κ2) is 3.79. The zero-order valence-corrected chi connectivity index (χ0v) is 8.98. The lowest BCUT2D eigenvalue weighted by Gasteiger charge is -2.03. The number of hydrogen-bond donors (Lipinski definition) is 1. The fourth-order valence-corrected chi connectivity index (χ4v) is 1.51. The van der Waals surface area contributed by atoms with Crippen LogP contribution in [-0.2, 0) is 6.54 Å². The number of rotatable bonds is 2. The standard InChI is InChI=1S/C9H9BrN4/c10-8-4-13-14(6-8)5-7-2-1-3-12-9(7)11/h1-4,6H,5H2,(H2,11,12). The minimum atomic E-state index is 0.555. The highest BCUT2D eigenvalue weighted by Gasteiger charge is 2.01. The Bertz CT molecular complexity index is 438. The van der Waals surface area contributed by atoms with Crippen LogP contribution in [0.3, 0.4) is 0 Å². The number of nitrogens with zero attached hydrogens (tertiary/aromatic N) is 3. The largest absolute Gasteiger partial charge is 0.383 e. The van der Waals surface area contributed by atoms with Gasteiger partial charge in [0, 0.05) is 18.0 Å². The van der Waals surface area contributed by atoms with E-state index in [4.69, 9.17) is 5.73 Å². The fourth-order valence-electron chi connectivity index (χ4n) is 1.18. The number of anilines is 1. The summed E-state index contributed by atoms with van der Waals surface area (Å²) < 4.78 is 2.76. The Labute approximate surface area is 89.9 Å². The Hall–Kier alpha value is -1.36. The van der Waals surface area contributed by atoms with Crippen molar-refractivity contribution in [1.82, 2.24) is 14.8 Å². The lowest BCUT2D eigenvalue weighted by Crippen LogP contribution is -2.04. The van der Waals surface area contributed by atoms with Crippen LogP contribution in [0, 0.1) is 0 Å². The van der Waals surface area contributed by atoms with E-state index in [0.29, 0.717) is 12.4 Å². The third-order valence-corrected chi connectivity index (χ3v) is 2.27. The first kappa shape index (κ1) is 9.21. The van der Waals surface area contributed by atoms with Crippen molar-refractivity contribution in [2.24, 2.45) is 0 Å². The number of nitrogens with two attached hydrogens (primary N) is 1. The Morgan fingerprint density at radius 1 is 1.50 bits per heavy atom. The molecule has 0 aliphatic rings. The van der Waals surface area contributed by atoms with Gasteiger partial charge in [-0.15, -0.1) is 0 Å². The second-order valence-electron chi connectivity index (χ2n) is 2.90. The Kier molecular flexibility index (Phi) is 2.49. The first-order chi connectivity index (χ1) is 6.75. The molecule has 0 fully saturated rings. The van der Waals surface area contributed by atoms with Crippen LogP contribution in [0.2, 0.25) is 0 Å². The van der Waals surface area contributed by atoms with Gasteiger partial charge in [0.15, 0.2) is 0 Å². The second-order valence-corrected chi connectivity index (χ2v) is 3.82. The lowest BCUT2D eigenvalue weighted by molar-refractivity contribution is 0.686. The zero-order valence-electron chi connectivity index (χ0n) is 7.39. The van der Waals surface area contributed by atoms with Crippen molar-refractivity contribution in [2.75, 3.05) is 5.73 Å². The normalized spacial score (nSPS) is 10.4. The maximum atomic E-state index is 5.71. The summed E-state index contributed by atoms with van der Waals surface area (Å²) in [5.41, 5.74) is 6.69. The molecule has 0 saturated carbocycles. The van der Waals surface area contributed by atoms with Gasteiger partial charge in [-0.1, -0.05) is 6.07 Å². The number of aromatic nitrogens is 3. The summed E-state index contributed by atoms with van der Waals surface area (Å²) in [7, 11) is 0. The highest BCUT2D eigenvalue weighted by Crippen LogP contribution is 2.11. The summed E-state index contributed by atoms with van der Waals surface area (Å²) in [6.07, 6.45) is 5.32. The first-order valence-corrected chi connectivity index (χ1v) is 4.92. The molecule has 72 valence electrons. The van der Waals surface area contributed by atoms with Crippen LogP contribution in [0.25, 0.3) is 0 Å². The molecule has 4 nitrogen and oxygen atoms in total. The highest BCUT2D eigenvalue weighted by molar-refractivity contribution is 9.10. The van der Waals surface area contributed by atoms with Gasteiger partial charge in [0.2, 0.25) is 0 Å². The predicted molar refractivity (Wildman–Crippen MR) is 57.7 cm³/mol. The molecular formula is C9H9BrN4. The van der Waals surface area contributed by atoms with Gasteiger partial charge >= 0.3 is 0 Å². The minimum Gasteiger partial charge on any atom is -0.383 e. The molecule has 2 N–H and O–H groups in total. The van der Waals surface area contributed by atoms with Crippen molar-refractivity contribution in [3.8, 4) is 0 Å². The summed E-state index contributed by atoms with van der Waals surface area (Å²) in [6, 6.07) is 3.81. The van der Waals surface area contributed by atoms with Crippen molar-refractivity contribution in [2.45, 2.75) is 6.54 Å². The van der Waals surface area contributed by atoms with Crippen molar-refractivity contribution in [3.63, 3.8) is 0 Å². The molecule has 0 amide bonds. The molecule has 0 aromatic carbocycles. The third kappa shape index (κ3) is 1.93. The molecular weight excluding hydrogens is 244 g/mol. The van der Waals surface area contributed by atoms with E-state index >= 15 is 0 Å². The van der Waals surface area contributed by atoms with Crippen LogP contribution in [0.5, 0.6) is 0 Å². The van der Waals surface area contributed by atoms with Gasteiger partial charge in [0.1, 0.15) is 5.82 Å². The maximum absolute atomic E-state index is 5.71. The van der Waals surface area contributed by atoms with Gasteiger partial charge in [0.25, 0.3) is 0 Å². The van der Waals surface area contributed by atoms with E-state index in [1.54, 1.807) is 17.1 Å². The minimum absolute atomic E-state index is 0.555. The topological polar surface area (TPSA) is 56.7 Å². The number of pyridine rings is 1. The SMILES string of the molecule is Nc1ncccc1Cn1cc(Br)cn1. The van der Waals surface area contributed by atoms with E-state index in [1.165, 1.54) is 0 Å². The van der Waals surface area contributed by atoms with Crippen LogP contribution in [0.15, 0.2) is 35.2 Å². The quantitative estimate of drug-likeness (QED) is 0.885. The van der Waals surface area contributed by atoms with Crippen LogP contribution in [-0.4, -0.2) is 14.8 Å². The predicted octanol–water partition coefficient (Wildman–Crippen LogP) is 1.67. The van der Waals surface area contributed by atoms with E-state index in [0.717, 1.165) is 10.0 Å². The van der Waals surface area contributed by atoms with Crippen LogP contribution < -0.4 is 5.73 Å². The van der Waals surface area contributed by atoms with Crippen molar-refractivity contribution >= 4 is 21.7 Å². The number of nitrogen functional groups attached to an aromatic ring is 1. The maximum Gasteiger partial charge on any atom is 0.128 e. The van der Waals surface area contributed by atoms with E-state index in [2.05, 4.69) is 26.0 Å². The van der Waals surface area contributed by atoms with Crippen molar-refractivity contribution in [1.29, 1.82) is 0 Å². The monoisotopic (exact) mass is 252 g/mol. The molecule has 5 heteroatoms. The van der Waals surface area contributed by atoms with Gasteiger partial charge in [-0.3, -0.25) is 4.68 Å². The Morgan fingerprint density at radius 3 is 3.00 bits per heavy atom. The average Bonchev–Trinajstić information content (AvgIpc) is 2.56. The van der Waals surface area contributed by atoms with Gasteiger partial charge in [-0.05, 0) is 22.0 Å². The summed E-state index contributed by atoms with van der Waals surface area (Å²) in [4.78, 5) is 4.01.